The van der Waals surface area contributed by atoms with Gasteiger partial charge in [0.1, 0.15) is 48.8 Å². The predicted octanol–water partition coefficient (Wildman–Crippen LogP) is 20.4. The summed E-state index contributed by atoms with van der Waals surface area (Å²) in [5.41, 5.74) is 0. The molecule has 0 spiro atoms. The van der Waals surface area contributed by atoms with Crippen molar-refractivity contribution in [3.63, 3.8) is 0 Å². The molecule has 14 heteroatoms. The number of allylic oxidation sites excluding steroid dienone is 6. The minimum atomic E-state index is -1.78. The van der Waals surface area contributed by atoms with Crippen LogP contribution in [0, 0.1) is 0 Å². The smallest absolute Gasteiger partial charge is 0.220 e. The Kier molecular flexibility index (Phi) is 66.2. The van der Waals surface area contributed by atoms with Gasteiger partial charge >= 0.3 is 0 Å². The van der Waals surface area contributed by atoms with Gasteiger partial charge in [0, 0.05) is 6.42 Å². The summed E-state index contributed by atoms with van der Waals surface area (Å²) < 4.78 is 23.0. The number of carbonyl (C=O) groups is 1. The number of aliphatic hydroxyl groups excluding tert-OH is 8. The van der Waals surface area contributed by atoms with Crippen molar-refractivity contribution >= 4 is 5.91 Å². The highest BCUT2D eigenvalue weighted by atomic mass is 16.7. The summed E-state index contributed by atoms with van der Waals surface area (Å²) in [6.07, 6.45) is 76.3. The molecule has 12 atom stereocenters. The molecule has 2 saturated heterocycles. The molecular formula is C86H163NO13. The molecule has 0 aromatic carbocycles. The molecule has 2 heterocycles. The second-order valence-electron chi connectivity index (χ2n) is 30.7. The third-order valence-corrected chi connectivity index (χ3v) is 21.4. The van der Waals surface area contributed by atoms with Crippen LogP contribution in [0.4, 0.5) is 0 Å². The summed E-state index contributed by atoms with van der Waals surface area (Å²) in [7, 11) is 0. The first-order chi connectivity index (χ1) is 49.1. The Balaban J connectivity index is 1.57. The fourth-order valence-electron chi connectivity index (χ4n) is 14.5. The second-order valence-corrected chi connectivity index (χ2v) is 30.7. The van der Waals surface area contributed by atoms with E-state index in [1.165, 1.54) is 321 Å². The molecule has 0 saturated carbocycles. The Morgan fingerprint density at radius 2 is 0.660 bits per heavy atom. The topological polar surface area (TPSA) is 228 Å². The van der Waals surface area contributed by atoms with Crippen molar-refractivity contribution in [2.45, 2.75) is 485 Å². The highest BCUT2D eigenvalue weighted by molar-refractivity contribution is 5.76. The molecule has 0 aliphatic carbocycles. The van der Waals surface area contributed by atoms with Gasteiger partial charge < -0.3 is 65.1 Å². The number of aliphatic hydroxyl groups is 8. The van der Waals surface area contributed by atoms with E-state index in [-0.39, 0.29) is 12.5 Å². The van der Waals surface area contributed by atoms with Crippen molar-refractivity contribution in [3.8, 4) is 0 Å². The first kappa shape index (κ1) is 94.3. The van der Waals surface area contributed by atoms with Gasteiger partial charge in [-0.2, -0.15) is 0 Å². The van der Waals surface area contributed by atoms with Gasteiger partial charge in [0.25, 0.3) is 0 Å². The minimum absolute atomic E-state index is 0.197. The Morgan fingerprint density at radius 1 is 0.360 bits per heavy atom. The van der Waals surface area contributed by atoms with Crippen LogP contribution in [0.25, 0.3) is 0 Å². The lowest BCUT2D eigenvalue weighted by Gasteiger charge is -2.46. The van der Waals surface area contributed by atoms with Crippen LogP contribution < -0.4 is 5.32 Å². The summed E-state index contributed by atoms with van der Waals surface area (Å²) in [4.78, 5) is 13.4. The van der Waals surface area contributed by atoms with Crippen LogP contribution in [0.2, 0.25) is 0 Å². The molecule has 0 aromatic heterocycles. The molecule has 14 nitrogen and oxygen atoms in total. The SMILES string of the molecule is CCCCCCC/C=C\C/C=C\C/C=C\CCCCCCCCCCCCCCCCCCCCCCCCC(=O)NC(COC1OC(CO)C(OC2OC(CO)C(O)C(O)C2O)C(O)C1O)C(O)CCCCCCCCCCCCCCCCCCCCCCCCCCCCCCC. The predicted molar refractivity (Wildman–Crippen MR) is 415 cm³/mol. The van der Waals surface area contributed by atoms with Gasteiger partial charge in [-0.1, -0.05) is 391 Å². The zero-order valence-electron chi connectivity index (χ0n) is 65.0. The van der Waals surface area contributed by atoms with Gasteiger partial charge in [-0.25, -0.2) is 0 Å². The van der Waals surface area contributed by atoms with Crippen LogP contribution in [0.15, 0.2) is 36.5 Å². The molecule has 2 fully saturated rings. The lowest BCUT2D eigenvalue weighted by Crippen LogP contribution is -2.65. The monoisotopic (exact) mass is 1420 g/mol. The minimum Gasteiger partial charge on any atom is -0.394 e. The van der Waals surface area contributed by atoms with Crippen LogP contribution in [-0.4, -0.2) is 140 Å². The largest absolute Gasteiger partial charge is 0.394 e. The Labute approximate surface area is 614 Å². The summed E-state index contributed by atoms with van der Waals surface area (Å²) in [5.74, 6) is -0.197. The Morgan fingerprint density at radius 3 is 1.01 bits per heavy atom. The van der Waals surface area contributed by atoms with Crippen LogP contribution in [0.1, 0.15) is 412 Å². The zero-order valence-corrected chi connectivity index (χ0v) is 65.0. The van der Waals surface area contributed by atoms with Crippen molar-refractivity contribution in [3.05, 3.63) is 36.5 Å². The Hall–Kier alpha value is -1.79. The van der Waals surface area contributed by atoms with E-state index in [1.807, 2.05) is 0 Å². The molecule has 2 aliphatic rings. The van der Waals surface area contributed by atoms with E-state index in [4.69, 9.17) is 18.9 Å². The standard InChI is InChI=1S/C86H163NO13/c1-3-5-7-9-11-13-15-17-19-21-23-25-27-29-31-33-34-35-36-37-38-39-40-42-44-46-48-50-52-54-56-58-60-62-64-66-68-70-78(91)87-74(73-97-85-83(96)81(94)84(77(72-89)99-85)100-86-82(95)80(93)79(92)76(71-88)98-86)75(90)69-67-65-63-61-59-57-55-53-51-49-47-45-43-41-32-30-28-26-24-22-20-18-16-14-12-10-8-6-4-2/h15,17,21,23,27,29,74-77,79-86,88-90,92-96H,3-14,16,18-20,22,24-26,28,30-73H2,1-2H3,(H,87,91)/b17-15-,23-21-,29-27-. The fourth-order valence-corrected chi connectivity index (χ4v) is 14.5. The lowest BCUT2D eigenvalue weighted by atomic mass is 9.97. The van der Waals surface area contributed by atoms with E-state index in [0.29, 0.717) is 12.8 Å². The number of carbonyl (C=O) groups excluding carboxylic acids is 1. The molecule has 2 aliphatic heterocycles. The average molecular weight is 1420 g/mol. The lowest BCUT2D eigenvalue weighted by molar-refractivity contribution is -0.359. The van der Waals surface area contributed by atoms with Crippen LogP contribution in [0.5, 0.6) is 0 Å². The van der Waals surface area contributed by atoms with Gasteiger partial charge in [0.05, 0.1) is 32.0 Å². The molecule has 0 bridgehead atoms. The van der Waals surface area contributed by atoms with E-state index in [0.717, 1.165) is 64.2 Å². The maximum atomic E-state index is 13.4. The maximum absolute atomic E-state index is 13.4. The number of amides is 1. The third kappa shape index (κ3) is 52.2. The van der Waals surface area contributed by atoms with E-state index >= 15 is 0 Å². The number of ether oxygens (including phenoxy) is 4. The van der Waals surface area contributed by atoms with Gasteiger partial charge in [-0.05, 0) is 51.4 Å². The van der Waals surface area contributed by atoms with Crippen LogP contribution in [-0.2, 0) is 23.7 Å². The normalized spacial score (nSPS) is 21.9. The van der Waals surface area contributed by atoms with E-state index < -0.39 is 86.8 Å². The molecule has 1 amide bonds. The van der Waals surface area contributed by atoms with Gasteiger partial charge in [0.2, 0.25) is 5.91 Å². The first-order valence-electron chi connectivity index (χ1n) is 43.2. The molecule has 100 heavy (non-hydrogen) atoms. The highest BCUT2D eigenvalue weighted by Gasteiger charge is 2.51. The van der Waals surface area contributed by atoms with Gasteiger partial charge in [-0.15, -0.1) is 0 Å². The number of unbranched alkanes of at least 4 members (excludes halogenated alkanes) is 55. The molecule has 0 radical (unpaired) electrons. The quantitative estimate of drug-likeness (QED) is 0.0204. The maximum Gasteiger partial charge on any atom is 0.220 e. The van der Waals surface area contributed by atoms with Crippen molar-refractivity contribution in [1.82, 2.24) is 5.32 Å². The van der Waals surface area contributed by atoms with Gasteiger partial charge in [-0.3, -0.25) is 4.79 Å². The second kappa shape index (κ2) is 70.2. The molecule has 12 unspecified atom stereocenters. The third-order valence-electron chi connectivity index (χ3n) is 21.4. The highest BCUT2D eigenvalue weighted by Crippen LogP contribution is 2.31. The van der Waals surface area contributed by atoms with E-state index in [9.17, 15) is 45.6 Å². The fraction of sp³-hybridized carbons (Fsp3) is 0.919. The van der Waals surface area contributed by atoms with Crippen molar-refractivity contribution in [2.24, 2.45) is 0 Å². The van der Waals surface area contributed by atoms with Crippen molar-refractivity contribution in [2.75, 3.05) is 19.8 Å². The molecular weight excluding hydrogens is 1250 g/mol. The summed E-state index contributed by atoms with van der Waals surface area (Å²) in [6, 6.07) is -0.829. The zero-order chi connectivity index (χ0) is 72.2. The van der Waals surface area contributed by atoms with E-state index in [1.54, 1.807) is 0 Å². The summed E-state index contributed by atoms with van der Waals surface area (Å²) in [5, 5.41) is 88.0. The molecule has 0 aromatic rings. The Bertz CT molecular complexity index is 1820. The van der Waals surface area contributed by atoms with Crippen molar-refractivity contribution < 1.29 is 64.6 Å². The average Bonchev–Trinajstić information content (AvgIpc) is 0.791. The first-order valence-corrected chi connectivity index (χ1v) is 43.2. The van der Waals surface area contributed by atoms with E-state index in [2.05, 4.69) is 55.6 Å². The molecule has 9 N–H and O–H groups in total. The summed E-state index contributed by atoms with van der Waals surface area (Å²) in [6.45, 7) is 2.92. The molecule has 2 rings (SSSR count). The number of rotatable bonds is 74. The summed E-state index contributed by atoms with van der Waals surface area (Å²) >= 11 is 0. The van der Waals surface area contributed by atoms with Crippen LogP contribution in [0.3, 0.4) is 0 Å². The van der Waals surface area contributed by atoms with Crippen molar-refractivity contribution in [1.29, 1.82) is 0 Å². The number of nitrogens with one attached hydrogen (secondary N) is 1. The number of hydrogen-bond donors (Lipinski definition) is 9. The number of hydrogen-bond acceptors (Lipinski definition) is 13. The molecule has 590 valence electrons. The van der Waals surface area contributed by atoms with Gasteiger partial charge in [0.15, 0.2) is 12.6 Å². The van der Waals surface area contributed by atoms with Crippen LogP contribution >= 0.6 is 0 Å².